The van der Waals surface area contributed by atoms with Gasteiger partial charge in [0.15, 0.2) is 0 Å². The average Bonchev–Trinajstić information content (AvgIpc) is 2.68. The van der Waals surface area contributed by atoms with Crippen molar-refractivity contribution in [1.82, 2.24) is 9.80 Å². The summed E-state index contributed by atoms with van der Waals surface area (Å²) in [4.78, 5) is 16.6. The van der Waals surface area contributed by atoms with E-state index in [4.69, 9.17) is 4.74 Å². The topological polar surface area (TPSA) is 53.0 Å². The minimum absolute atomic E-state index is 0.156. The van der Waals surface area contributed by atoms with E-state index in [0.717, 1.165) is 12.1 Å². The molecule has 0 spiro atoms. The van der Waals surface area contributed by atoms with Crippen molar-refractivity contribution >= 4 is 6.09 Å². The summed E-state index contributed by atoms with van der Waals surface area (Å²) in [6, 6.07) is 20.1. The van der Waals surface area contributed by atoms with Gasteiger partial charge in [0.25, 0.3) is 0 Å². The van der Waals surface area contributed by atoms with Crippen molar-refractivity contribution in [3.05, 3.63) is 71.8 Å². The molecule has 1 N–H and O–H groups in total. The lowest BCUT2D eigenvalue weighted by atomic mass is 9.98. The van der Waals surface area contributed by atoms with E-state index in [1.54, 1.807) is 4.90 Å². The quantitative estimate of drug-likeness (QED) is 0.837. The van der Waals surface area contributed by atoms with Crippen LogP contribution in [-0.4, -0.2) is 58.4 Å². The summed E-state index contributed by atoms with van der Waals surface area (Å²) < 4.78 is 5.56. The number of hydrogen-bond acceptors (Lipinski definition) is 4. The molecule has 5 heteroatoms. The number of amides is 1. The summed E-state index contributed by atoms with van der Waals surface area (Å²) in [5, 5.41) is 11.1. The van der Waals surface area contributed by atoms with Crippen LogP contribution in [0.15, 0.2) is 60.7 Å². The molecule has 0 radical (unpaired) electrons. The van der Waals surface area contributed by atoms with Gasteiger partial charge in [-0.3, -0.25) is 4.90 Å². The third-order valence-corrected chi connectivity index (χ3v) is 5.15. The van der Waals surface area contributed by atoms with Crippen molar-refractivity contribution in [3.63, 3.8) is 0 Å². The van der Waals surface area contributed by atoms with Crippen molar-refractivity contribution in [2.45, 2.75) is 51.5 Å². The fourth-order valence-corrected chi connectivity index (χ4v) is 3.71. The van der Waals surface area contributed by atoms with Crippen LogP contribution in [0.5, 0.6) is 0 Å². The molecule has 156 valence electrons. The molecule has 5 nitrogen and oxygen atoms in total. The van der Waals surface area contributed by atoms with Gasteiger partial charge in [-0.2, -0.15) is 0 Å². The van der Waals surface area contributed by atoms with Crippen LogP contribution in [0.25, 0.3) is 0 Å². The van der Waals surface area contributed by atoms with Crippen molar-refractivity contribution in [3.8, 4) is 0 Å². The number of rotatable bonds is 5. The van der Waals surface area contributed by atoms with Crippen molar-refractivity contribution in [2.24, 2.45) is 0 Å². The van der Waals surface area contributed by atoms with Crippen LogP contribution in [0.3, 0.4) is 0 Å². The molecule has 0 aliphatic carbocycles. The zero-order valence-electron chi connectivity index (χ0n) is 17.6. The molecule has 29 heavy (non-hydrogen) atoms. The lowest BCUT2D eigenvalue weighted by Gasteiger charge is -2.43. The van der Waals surface area contributed by atoms with Gasteiger partial charge in [-0.15, -0.1) is 0 Å². The number of ether oxygens (including phenoxy) is 1. The molecule has 2 aromatic carbocycles. The molecule has 1 aliphatic heterocycles. The molecular formula is C24H32N2O3. The van der Waals surface area contributed by atoms with Gasteiger partial charge in [-0.25, -0.2) is 4.79 Å². The Labute approximate surface area is 173 Å². The van der Waals surface area contributed by atoms with Gasteiger partial charge in [0.05, 0.1) is 12.1 Å². The van der Waals surface area contributed by atoms with Gasteiger partial charge in [-0.1, -0.05) is 60.7 Å². The molecular weight excluding hydrogens is 364 g/mol. The number of aliphatic hydroxyl groups is 1. The normalized spacial score (nSPS) is 19.0. The van der Waals surface area contributed by atoms with Gasteiger partial charge >= 0.3 is 6.09 Å². The number of nitrogens with zero attached hydrogens (tertiary/aromatic N) is 2. The number of piperazine rings is 1. The summed E-state index contributed by atoms with van der Waals surface area (Å²) in [5.74, 6) is 0. The third-order valence-electron chi connectivity index (χ3n) is 5.15. The Kier molecular flexibility index (Phi) is 6.93. The molecule has 0 saturated carbocycles. The van der Waals surface area contributed by atoms with E-state index in [1.165, 1.54) is 5.56 Å². The first-order chi connectivity index (χ1) is 13.8. The highest BCUT2D eigenvalue weighted by Crippen LogP contribution is 2.21. The van der Waals surface area contributed by atoms with Crippen molar-refractivity contribution < 1.29 is 14.6 Å². The summed E-state index contributed by atoms with van der Waals surface area (Å²) in [6.45, 7) is 8.12. The zero-order valence-corrected chi connectivity index (χ0v) is 17.6. The molecule has 2 atom stereocenters. The van der Waals surface area contributed by atoms with E-state index in [-0.39, 0.29) is 12.1 Å². The Balaban J connectivity index is 1.74. The predicted molar refractivity (Wildman–Crippen MR) is 115 cm³/mol. The largest absolute Gasteiger partial charge is 0.444 e. The van der Waals surface area contributed by atoms with E-state index in [0.29, 0.717) is 26.1 Å². The van der Waals surface area contributed by atoms with Gasteiger partial charge in [0.2, 0.25) is 0 Å². The summed E-state index contributed by atoms with van der Waals surface area (Å²) in [5.41, 5.74) is 1.76. The highest BCUT2D eigenvalue weighted by molar-refractivity contribution is 5.68. The lowest BCUT2D eigenvalue weighted by molar-refractivity contribution is -0.0268. The second kappa shape index (κ2) is 9.42. The molecule has 3 rings (SSSR count). The standard InChI is InChI=1S/C24H32N2O3/c1-24(2,3)29-23(28)26-15-14-25(17-20-12-8-5-9-13-20)21(18-26)22(27)16-19-10-6-4-7-11-19/h4-13,21-22,27H,14-18H2,1-3H3. The van der Waals surface area contributed by atoms with E-state index < -0.39 is 11.7 Å². The van der Waals surface area contributed by atoms with Gasteiger partial charge in [0, 0.05) is 26.2 Å². The fraction of sp³-hybridized carbons (Fsp3) is 0.458. The van der Waals surface area contributed by atoms with Gasteiger partial charge in [0.1, 0.15) is 5.60 Å². The zero-order chi connectivity index (χ0) is 20.9. The van der Waals surface area contributed by atoms with Crippen LogP contribution in [0.1, 0.15) is 31.9 Å². The minimum atomic E-state index is -0.577. The smallest absolute Gasteiger partial charge is 0.410 e. The predicted octanol–water partition coefficient (Wildman–Crippen LogP) is 3.71. The Hall–Kier alpha value is -2.37. The number of benzene rings is 2. The van der Waals surface area contributed by atoms with Crippen LogP contribution in [0.4, 0.5) is 4.79 Å². The first-order valence-corrected chi connectivity index (χ1v) is 10.3. The van der Waals surface area contributed by atoms with Crippen molar-refractivity contribution in [2.75, 3.05) is 19.6 Å². The average molecular weight is 397 g/mol. The number of aliphatic hydroxyl groups excluding tert-OH is 1. The maximum absolute atomic E-state index is 12.6. The van der Waals surface area contributed by atoms with Gasteiger partial charge in [-0.05, 0) is 38.3 Å². The maximum atomic E-state index is 12.6. The summed E-state index contributed by atoms with van der Waals surface area (Å²) in [7, 11) is 0. The molecule has 1 heterocycles. The van der Waals surface area contributed by atoms with Crippen LogP contribution in [0, 0.1) is 0 Å². The Bertz CT molecular complexity index is 774. The SMILES string of the molecule is CC(C)(C)OC(=O)N1CCN(Cc2ccccc2)C(C(O)Cc2ccccc2)C1. The van der Waals surface area contributed by atoms with E-state index in [2.05, 4.69) is 17.0 Å². The monoisotopic (exact) mass is 396 g/mol. The van der Waals surface area contributed by atoms with E-state index in [9.17, 15) is 9.90 Å². The molecule has 2 aromatic rings. The van der Waals surface area contributed by atoms with E-state index >= 15 is 0 Å². The Morgan fingerprint density at radius 3 is 2.21 bits per heavy atom. The Morgan fingerprint density at radius 2 is 1.62 bits per heavy atom. The van der Waals surface area contributed by atoms with Crippen LogP contribution >= 0.6 is 0 Å². The highest BCUT2D eigenvalue weighted by Gasteiger charge is 2.35. The van der Waals surface area contributed by atoms with Crippen LogP contribution in [0.2, 0.25) is 0 Å². The minimum Gasteiger partial charge on any atom is -0.444 e. The van der Waals surface area contributed by atoms with Crippen LogP contribution < -0.4 is 0 Å². The molecule has 2 unspecified atom stereocenters. The molecule has 1 amide bonds. The molecule has 1 aliphatic rings. The Morgan fingerprint density at radius 1 is 1.03 bits per heavy atom. The van der Waals surface area contributed by atoms with Crippen molar-refractivity contribution in [1.29, 1.82) is 0 Å². The fourth-order valence-electron chi connectivity index (χ4n) is 3.71. The lowest BCUT2D eigenvalue weighted by Crippen LogP contribution is -2.59. The van der Waals surface area contributed by atoms with Crippen LogP contribution in [-0.2, 0) is 17.7 Å². The number of carbonyl (C=O) groups is 1. The van der Waals surface area contributed by atoms with Gasteiger partial charge < -0.3 is 14.7 Å². The third kappa shape index (κ3) is 6.31. The number of hydrogen-bond donors (Lipinski definition) is 1. The molecule has 1 fully saturated rings. The second-order valence-corrected chi connectivity index (χ2v) is 8.71. The van der Waals surface area contributed by atoms with E-state index in [1.807, 2.05) is 69.3 Å². The summed E-state index contributed by atoms with van der Waals surface area (Å²) in [6.07, 6.45) is -0.334. The molecule has 0 bridgehead atoms. The molecule has 1 saturated heterocycles. The maximum Gasteiger partial charge on any atom is 0.410 e. The molecule has 0 aromatic heterocycles. The highest BCUT2D eigenvalue weighted by atomic mass is 16.6. The first-order valence-electron chi connectivity index (χ1n) is 10.3. The second-order valence-electron chi connectivity index (χ2n) is 8.71. The number of carbonyl (C=O) groups excluding carboxylic acids is 1. The first kappa shape index (κ1) is 21.3. The summed E-state index contributed by atoms with van der Waals surface area (Å²) >= 11 is 0.